The van der Waals surface area contributed by atoms with E-state index in [2.05, 4.69) is 0 Å². The maximum absolute atomic E-state index is 11.1. The molecule has 0 aromatic carbocycles. The molecule has 1 aliphatic carbocycles. The fraction of sp³-hybridized carbons (Fsp3) is 0.909. The van der Waals surface area contributed by atoms with E-state index in [4.69, 9.17) is 0 Å². The van der Waals surface area contributed by atoms with Crippen molar-refractivity contribution in [3.05, 3.63) is 0 Å². The van der Waals surface area contributed by atoms with Crippen LogP contribution in [0.2, 0.25) is 0 Å². The zero-order chi connectivity index (χ0) is 10.1. The second-order valence-electron chi connectivity index (χ2n) is 4.64. The number of aliphatic hydroxyl groups is 1. The minimum absolute atomic E-state index is 0. The van der Waals surface area contributed by atoms with Crippen LogP contribution in [-0.4, -0.2) is 16.5 Å². The molecule has 0 aromatic heterocycles. The van der Waals surface area contributed by atoms with Crippen LogP contribution in [0.1, 0.15) is 47.9 Å². The van der Waals surface area contributed by atoms with E-state index in [9.17, 15) is 9.90 Å². The van der Waals surface area contributed by atoms with Crippen molar-refractivity contribution in [3.8, 4) is 0 Å². The topological polar surface area (TPSA) is 37.3 Å². The van der Waals surface area contributed by atoms with Crippen LogP contribution < -0.4 is 0 Å². The maximum Gasteiger partial charge on any atom is 0.132 e. The Morgan fingerprint density at radius 1 is 1.46 bits per heavy atom. The first-order chi connectivity index (χ1) is 5.96. The Hall–Kier alpha value is -0.370. The van der Waals surface area contributed by atoms with Gasteiger partial charge in [-0.3, -0.25) is 4.79 Å². The van der Waals surface area contributed by atoms with Gasteiger partial charge in [-0.15, -0.1) is 0 Å². The number of ketones is 1. The quantitative estimate of drug-likeness (QED) is 0.719. The van der Waals surface area contributed by atoms with Gasteiger partial charge in [0.05, 0.1) is 5.60 Å². The first-order valence-electron chi connectivity index (χ1n) is 5.18. The molecule has 0 bridgehead atoms. The maximum atomic E-state index is 11.1. The summed E-state index contributed by atoms with van der Waals surface area (Å²) in [5.41, 5.74) is -0.508. The second-order valence-corrected chi connectivity index (χ2v) is 4.64. The van der Waals surface area contributed by atoms with E-state index in [1.165, 1.54) is 0 Å². The van der Waals surface area contributed by atoms with Gasteiger partial charge < -0.3 is 5.11 Å². The summed E-state index contributed by atoms with van der Waals surface area (Å²) < 4.78 is 0. The molecule has 1 saturated carbocycles. The lowest BCUT2D eigenvalue weighted by molar-refractivity contribution is -0.124. The summed E-state index contributed by atoms with van der Waals surface area (Å²) in [4.78, 5) is 11.1. The Labute approximate surface area is 81.8 Å². The summed E-state index contributed by atoms with van der Waals surface area (Å²) in [6.07, 6.45) is 3.30. The number of hydrogen-bond acceptors (Lipinski definition) is 2. The zero-order valence-electron chi connectivity index (χ0n) is 8.84. The Kier molecular flexibility index (Phi) is 3.12. The van der Waals surface area contributed by atoms with Crippen LogP contribution in [0.15, 0.2) is 0 Å². The smallest absolute Gasteiger partial charge is 0.132 e. The highest BCUT2D eigenvalue weighted by Crippen LogP contribution is 2.37. The van der Waals surface area contributed by atoms with Gasteiger partial charge in [-0.1, -0.05) is 13.8 Å². The Morgan fingerprint density at radius 3 is 2.23 bits per heavy atom. The largest absolute Gasteiger partial charge is 0.390 e. The van der Waals surface area contributed by atoms with E-state index in [0.29, 0.717) is 5.92 Å². The average molecular weight is 186 g/mol. The molecule has 0 aromatic rings. The molecule has 0 atom stereocenters. The molecule has 0 heterocycles. The molecule has 1 N–H and O–H groups in total. The molecule has 2 nitrogen and oxygen atoms in total. The van der Waals surface area contributed by atoms with E-state index in [1.807, 2.05) is 13.8 Å². The molecule has 2 heteroatoms. The highest BCUT2D eigenvalue weighted by Gasteiger charge is 2.36. The molecule has 0 unspecified atom stereocenters. The third-order valence-electron chi connectivity index (χ3n) is 3.50. The molecule has 13 heavy (non-hydrogen) atoms. The fourth-order valence-corrected chi connectivity index (χ4v) is 2.10. The third-order valence-corrected chi connectivity index (χ3v) is 3.50. The molecular weight excluding hydrogens is 164 g/mol. The third kappa shape index (κ3) is 2.31. The van der Waals surface area contributed by atoms with Crippen molar-refractivity contribution in [1.82, 2.24) is 0 Å². The van der Waals surface area contributed by atoms with Gasteiger partial charge >= 0.3 is 0 Å². The van der Waals surface area contributed by atoms with Crippen LogP contribution in [0.4, 0.5) is 0 Å². The van der Waals surface area contributed by atoms with Gasteiger partial charge in [0.1, 0.15) is 5.78 Å². The van der Waals surface area contributed by atoms with Crippen molar-refractivity contribution in [2.75, 3.05) is 0 Å². The summed E-state index contributed by atoms with van der Waals surface area (Å²) in [5, 5.41) is 10.1. The monoisotopic (exact) mass is 186 g/mol. The van der Waals surface area contributed by atoms with Crippen LogP contribution in [0.5, 0.6) is 0 Å². The van der Waals surface area contributed by atoms with E-state index >= 15 is 0 Å². The highest BCUT2D eigenvalue weighted by atomic mass is 16.3. The molecule has 0 aliphatic heterocycles. The zero-order valence-corrected chi connectivity index (χ0v) is 8.84. The normalized spacial score (nSPS) is 35.0. The van der Waals surface area contributed by atoms with Crippen molar-refractivity contribution in [2.45, 2.75) is 52.1 Å². The molecule has 0 spiro atoms. The van der Waals surface area contributed by atoms with Gasteiger partial charge in [0, 0.05) is 7.34 Å². The summed E-state index contributed by atoms with van der Waals surface area (Å²) in [6.45, 7) is 5.76. The Morgan fingerprint density at radius 2 is 1.92 bits per heavy atom. The van der Waals surface area contributed by atoms with Gasteiger partial charge in [0.25, 0.3) is 0 Å². The summed E-state index contributed by atoms with van der Waals surface area (Å²) in [6, 6.07) is 0. The predicted octanol–water partition coefficient (Wildman–Crippen LogP) is 2.40. The van der Waals surface area contributed by atoms with Crippen LogP contribution >= 0.6 is 0 Å². The van der Waals surface area contributed by atoms with Gasteiger partial charge in [-0.25, -0.2) is 0 Å². The molecule has 0 saturated heterocycles. The molecule has 0 amide bonds. The number of Topliss-reactive ketones (excluding diaryl/α,β-unsaturated/α-hetero) is 1. The highest BCUT2D eigenvalue weighted by molar-refractivity contribution is 5.78. The molecule has 78 valence electrons. The minimum Gasteiger partial charge on any atom is -0.390 e. The number of carbonyl (C=O) groups excluding carboxylic acids is 1. The van der Waals surface area contributed by atoms with Gasteiger partial charge in [0.2, 0.25) is 0 Å². The first-order valence-corrected chi connectivity index (χ1v) is 5.18. The van der Waals surface area contributed by atoms with Crippen molar-refractivity contribution < 1.29 is 11.3 Å². The van der Waals surface area contributed by atoms with Crippen molar-refractivity contribution in [3.63, 3.8) is 0 Å². The van der Waals surface area contributed by atoms with Crippen molar-refractivity contribution in [1.29, 1.82) is 0 Å². The summed E-state index contributed by atoms with van der Waals surface area (Å²) in [7, 11) is 0. The van der Waals surface area contributed by atoms with Gasteiger partial charge in [-0.2, -0.15) is 0 Å². The van der Waals surface area contributed by atoms with Crippen LogP contribution in [0, 0.1) is 11.8 Å². The predicted molar refractivity (Wildman–Crippen MR) is 54.5 cm³/mol. The minimum atomic E-state index is -0.508. The summed E-state index contributed by atoms with van der Waals surface area (Å²) in [5.74, 6) is 0.797. The Balaban J connectivity index is 0.00000169. The van der Waals surface area contributed by atoms with E-state index in [-0.39, 0.29) is 13.1 Å². The van der Waals surface area contributed by atoms with E-state index < -0.39 is 5.60 Å². The molecule has 1 aliphatic rings. The lowest BCUT2D eigenvalue weighted by Crippen LogP contribution is -2.40. The van der Waals surface area contributed by atoms with Crippen LogP contribution in [0.3, 0.4) is 0 Å². The molecule has 0 radical (unpaired) electrons. The standard InChI is InChI=1S/C11H20O2.H2/c1-8(2)11(13)6-4-10(5-7-11)9(3)12;/h8,10,13H,4-7H2,1-3H3;1H. The van der Waals surface area contributed by atoms with Crippen LogP contribution in [0.25, 0.3) is 0 Å². The van der Waals surface area contributed by atoms with Gasteiger partial charge in [0.15, 0.2) is 0 Å². The van der Waals surface area contributed by atoms with E-state index in [1.54, 1.807) is 6.92 Å². The lowest BCUT2D eigenvalue weighted by Gasteiger charge is -2.38. The molecular formula is C11H22O2. The number of hydrogen-bond donors (Lipinski definition) is 1. The lowest BCUT2D eigenvalue weighted by atomic mass is 9.72. The molecule has 1 fully saturated rings. The Bertz CT molecular complexity index is 193. The molecule has 1 rings (SSSR count). The van der Waals surface area contributed by atoms with Crippen molar-refractivity contribution >= 4 is 5.78 Å². The van der Waals surface area contributed by atoms with Crippen LogP contribution in [-0.2, 0) is 4.79 Å². The number of carbonyl (C=O) groups is 1. The second kappa shape index (κ2) is 3.79. The SMILES string of the molecule is CC(=O)C1CCC(O)(C(C)C)CC1.[HH]. The summed E-state index contributed by atoms with van der Waals surface area (Å²) >= 11 is 0. The number of rotatable bonds is 2. The van der Waals surface area contributed by atoms with Crippen molar-refractivity contribution in [2.24, 2.45) is 11.8 Å². The van der Waals surface area contributed by atoms with Gasteiger partial charge in [-0.05, 0) is 38.5 Å². The first kappa shape index (κ1) is 10.7. The fourth-order valence-electron chi connectivity index (χ4n) is 2.10. The average Bonchev–Trinajstić information content (AvgIpc) is 2.04. The van der Waals surface area contributed by atoms with E-state index in [0.717, 1.165) is 25.7 Å².